The van der Waals surface area contributed by atoms with Gasteiger partial charge in [-0.2, -0.15) is 0 Å². The molecule has 0 saturated carbocycles. The molecule has 0 aliphatic heterocycles. The number of unbranched alkanes of at least 4 members (excludes halogenated alkanes) is 8. The molecule has 118 valence electrons. The fraction of sp³-hybridized carbons (Fsp3) is 0.650. The Morgan fingerprint density at radius 1 is 0.857 bits per heavy atom. The normalized spacial score (nSPS) is 12.3. The zero-order chi connectivity index (χ0) is 15.3. The van der Waals surface area contributed by atoms with Crippen LogP contribution in [0.15, 0.2) is 30.3 Å². The summed E-state index contributed by atoms with van der Waals surface area (Å²) in [5, 5.41) is 0. The molecular weight excluding hydrogens is 256 g/mol. The molecular formula is C20H32O. The van der Waals surface area contributed by atoms with Crippen molar-refractivity contribution in [2.45, 2.75) is 84.0 Å². The summed E-state index contributed by atoms with van der Waals surface area (Å²) in [6, 6.07) is 10.1. The van der Waals surface area contributed by atoms with Crippen molar-refractivity contribution >= 4 is 5.78 Å². The molecule has 0 fully saturated rings. The molecule has 0 aliphatic carbocycles. The second kappa shape index (κ2) is 11.5. The second-order valence-corrected chi connectivity index (χ2v) is 6.18. The number of carbonyl (C=O) groups excluding carboxylic acids is 1. The Balaban J connectivity index is 2.03. The van der Waals surface area contributed by atoms with Crippen molar-refractivity contribution in [3.63, 3.8) is 0 Å². The number of carbonyl (C=O) groups is 1. The third-order valence-corrected chi connectivity index (χ3v) is 4.31. The molecule has 0 aliphatic rings. The van der Waals surface area contributed by atoms with E-state index in [-0.39, 0.29) is 5.92 Å². The van der Waals surface area contributed by atoms with Crippen molar-refractivity contribution in [2.24, 2.45) is 0 Å². The van der Waals surface area contributed by atoms with Crippen molar-refractivity contribution in [3.05, 3.63) is 35.9 Å². The molecule has 0 radical (unpaired) electrons. The highest BCUT2D eigenvalue weighted by molar-refractivity contribution is 5.85. The maximum Gasteiger partial charge on any atom is 0.140 e. The highest BCUT2D eigenvalue weighted by Gasteiger charge is 2.13. The largest absolute Gasteiger partial charge is 0.299 e. The molecule has 0 N–H and O–H groups in total. The number of hydrogen-bond acceptors (Lipinski definition) is 1. The topological polar surface area (TPSA) is 17.1 Å². The van der Waals surface area contributed by atoms with Gasteiger partial charge >= 0.3 is 0 Å². The standard InChI is InChI=1S/C20H32O/c1-3-4-5-6-7-8-9-10-14-17-20(21)18(2)19-15-12-11-13-16-19/h11-13,15-16,18H,3-10,14,17H2,1-2H3. The van der Waals surface area contributed by atoms with E-state index in [9.17, 15) is 4.79 Å². The van der Waals surface area contributed by atoms with Gasteiger partial charge in [0, 0.05) is 12.3 Å². The highest BCUT2D eigenvalue weighted by Crippen LogP contribution is 2.19. The van der Waals surface area contributed by atoms with Crippen molar-refractivity contribution in [3.8, 4) is 0 Å². The molecule has 0 heterocycles. The molecule has 21 heavy (non-hydrogen) atoms. The molecule has 0 saturated heterocycles. The van der Waals surface area contributed by atoms with E-state index in [0.717, 1.165) is 18.4 Å². The molecule has 1 rings (SSSR count). The fourth-order valence-corrected chi connectivity index (χ4v) is 2.75. The first-order valence-corrected chi connectivity index (χ1v) is 8.83. The number of Topliss-reactive ketones (excluding diaryl/α,β-unsaturated/α-hetero) is 1. The van der Waals surface area contributed by atoms with Gasteiger partial charge in [-0.25, -0.2) is 0 Å². The maximum atomic E-state index is 12.2. The average Bonchev–Trinajstić information content (AvgIpc) is 2.53. The van der Waals surface area contributed by atoms with Crippen LogP contribution in [0.1, 0.15) is 89.5 Å². The van der Waals surface area contributed by atoms with Gasteiger partial charge in [-0.1, -0.05) is 95.5 Å². The van der Waals surface area contributed by atoms with Gasteiger partial charge in [0.2, 0.25) is 0 Å². The minimum Gasteiger partial charge on any atom is -0.299 e. The van der Waals surface area contributed by atoms with Gasteiger partial charge in [0.05, 0.1) is 0 Å². The van der Waals surface area contributed by atoms with E-state index in [4.69, 9.17) is 0 Å². The zero-order valence-electron chi connectivity index (χ0n) is 13.9. The monoisotopic (exact) mass is 288 g/mol. The Morgan fingerprint density at radius 2 is 1.38 bits per heavy atom. The van der Waals surface area contributed by atoms with Crippen LogP contribution in [0.4, 0.5) is 0 Å². The summed E-state index contributed by atoms with van der Waals surface area (Å²) >= 11 is 0. The van der Waals surface area contributed by atoms with E-state index in [1.165, 1.54) is 51.4 Å². The first-order chi connectivity index (χ1) is 10.3. The van der Waals surface area contributed by atoms with Crippen molar-refractivity contribution in [2.75, 3.05) is 0 Å². The summed E-state index contributed by atoms with van der Waals surface area (Å²) in [5.41, 5.74) is 1.15. The molecule has 1 nitrogen and oxygen atoms in total. The number of hydrogen-bond donors (Lipinski definition) is 0. The molecule has 1 heteroatoms. The van der Waals surface area contributed by atoms with Crippen LogP contribution in [0, 0.1) is 0 Å². The Morgan fingerprint density at radius 3 is 1.95 bits per heavy atom. The van der Waals surface area contributed by atoms with Crippen molar-refractivity contribution < 1.29 is 4.79 Å². The lowest BCUT2D eigenvalue weighted by molar-refractivity contribution is -0.120. The SMILES string of the molecule is CCCCCCCCCCCC(=O)C(C)c1ccccc1. The predicted octanol–water partition coefficient (Wildman–Crippen LogP) is 6.28. The number of ketones is 1. The summed E-state index contributed by atoms with van der Waals surface area (Å²) in [6.45, 7) is 4.29. The van der Waals surface area contributed by atoms with E-state index < -0.39 is 0 Å². The molecule has 1 unspecified atom stereocenters. The molecule has 0 bridgehead atoms. The second-order valence-electron chi connectivity index (χ2n) is 6.18. The lowest BCUT2D eigenvalue weighted by Crippen LogP contribution is -2.08. The van der Waals surface area contributed by atoms with E-state index in [2.05, 4.69) is 19.1 Å². The summed E-state index contributed by atoms with van der Waals surface area (Å²) in [6.07, 6.45) is 12.5. The van der Waals surface area contributed by atoms with Crippen molar-refractivity contribution in [1.29, 1.82) is 0 Å². The van der Waals surface area contributed by atoms with E-state index >= 15 is 0 Å². The summed E-state index contributed by atoms with van der Waals surface area (Å²) in [7, 11) is 0. The van der Waals surface area contributed by atoms with Crippen LogP contribution < -0.4 is 0 Å². The van der Waals surface area contributed by atoms with Crippen LogP contribution in [0.2, 0.25) is 0 Å². The minimum absolute atomic E-state index is 0.0558. The van der Waals surface area contributed by atoms with E-state index in [1.54, 1.807) is 0 Å². The van der Waals surface area contributed by atoms with E-state index in [1.807, 2.05) is 25.1 Å². The van der Waals surface area contributed by atoms with Gasteiger partial charge in [0.15, 0.2) is 0 Å². The number of benzene rings is 1. The third-order valence-electron chi connectivity index (χ3n) is 4.31. The van der Waals surface area contributed by atoms with E-state index in [0.29, 0.717) is 5.78 Å². The maximum absolute atomic E-state index is 12.2. The Kier molecular flexibility index (Phi) is 9.86. The van der Waals surface area contributed by atoms with Crippen LogP contribution in [0.3, 0.4) is 0 Å². The average molecular weight is 288 g/mol. The van der Waals surface area contributed by atoms with Crippen LogP contribution >= 0.6 is 0 Å². The Bertz CT molecular complexity index is 369. The van der Waals surface area contributed by atoms with Gasteiger partial charge in [0.1, 0.15) is 5.78 Å². The first-order valence-electron chi connectivity index (χ1n) is 8.83. The van der Waals surface area contributed by atoms with Crippen LogP contribution in [-0.2, 0) is 4.79 Å². The summed E-state index contributed by atoms with van der Waals surface area (Å²) in [4.78, 5) is 12.2. The molecule has 1 aromatic rings. The van der Waals surface area contributed by atoms with Crippen LogP contribution in [0.25, 0.3) is 0 Å². The first kappa shape index (κ1) is 17.9. The smallest absolute Gasteiger partial charge is 0.140 e. The number of rotatable bonds is 12. The van der Waals surface area contributed by atoms with Crippen LogP contribution in [0.5, 0.6) is 0 Å². The van der Waals surface area contributed by atoms with Crippen LogP contribution in [-0.4, -0.2) is 5.78 Å². The molecule has 0 amide bonds. The lowest BCUT2D eigenvalue weighted by Gasteiger charge is -2.10. The molecule has 0 spiro atoms. The Hall–Kier alpha value is -1.11. The van der Waals surface area contributed by atoms with Gasteiger partial charge < -0.3 is 0 Å². The lowest BCUT2D eigenvalue weighted by atomic mass is 9.93. The minimum atomic E-state index is 0.0558. The van der Waals surface area contributed by atoms with Crippen molar-refractivity contribution in [1.82, 2.24) is 0 Å². The molecule has 0 aromatic heterocycles. The van der Waals surface area contributed by atoms with Gasteiger partial charge in [-0.3, -0.25) is 4.79 Å². The summed E-state index contributed by atoms with van der Waals surface area (Å²) in [5.74, 6) is 0.449. The van der Waals surface area contributed by atoms with Gasteiger partial charge in [-0.15, -0.1) is 0 Å². The van der Waals surface area contributed by atoms with Gasteiger partial charge in [0.25, 0.3) is 0 Å². The molecule has 1 atom stereocenters. The van der Waals surface area contributed by atoms with Gasteiger partial charge in [-0.05, 0) is 12.0 Å². The fourth-order valence-electron chi connectivity index (χ4n) is 2.75. The quantitative estimate of drug-likeness (QED) is 0.414. The summed E-state index contributed by atoms with van der Waals surface area (Å²) < 4.78 is 0. The highest BCUT2D eigenvalue weighted by atomic mass is 16.1. The Labute approximate surface area is 131 Å². The third kappa shape index (κ3) is 8.04. The zero-order valence-corrected chi connectivity index (χ0v) is 13.9. The molecule has 1 aromatic carbocycles. The predicted molar refractivity (Wildman–Crippen MR) is 91.7 cm³/mol.